The summed E-state index contributed by atoms with van der Waals surface area (Å²) < 4.78 is 11.1. The molecule has 2 atom stereocenters. The van der Waals surface area contributed by atoms with E-state index in [0.29, 0.717) is 17.9 Å². The fourth-order valence-electron chi connectivity index (χ4n) is 5.26. The van der Waals surface area contributed by atoms with Gasteiger partial charge >= 0.3 is 0 Å². The molecule has 1 saturated heterocycles. The number of carbonyl (C=O) groups is 2. The molecule has 0 aliphatic carbocycles. The largest absolute Gasteiger partial charge is 0.496 e. The Bertz CT molecular complexity index is 1360. The van der Waals surface area contributed by atoms with Gasteiger partial charge in [-0.25, -0.2) is 0 Å². The fraction of sp³-hybridized carbons (Fsp3) is 0.231. The molecule has 2 aromatic heterocycles. The number of piperazine rings is 1. The number of ether oxygens (including phenoxy) is 1. The molecule has 166 valence electrons. The Morgan fingerprint density at radius 1 is 1.06 bits per heavy atom. The monoisotopic (exact) mass is 441 g/mol. The van der Waals surface area contributed by atoms with Crippen LogP contribution >= 0.6 is 0 Å². The quantitative estimate of drug-likeness (QED) is 0.524. The summed E-state index contributed by atoms with van der Waals surface area (Å²) in [6, 6.07) is 18.3. The molecule has 1 N–H and O–H groups in total. The second-order valence-electron chi connectivity index (χ2n) is 8.50. The van der Waals surface area contributed by atoms with Gasteiger partial charge in [-0.3, -0.25) is 9.59 Å². The van der Waals surface area contributed by atoms with E-state index in [-0.39, 0.29) is 24.9 Å². The molecule has 0 bridgehead atoms. The van der Waals surface area contributed by atoms with Crippen LogP contribution in [0.5, 0.6) is 5.75 Å². The van der Waals surface area contributed by atoms with Crippen molar-refractivity contribution in [3.05, 3.63) is 89.5 Å². The molecular formula is C26H23N3O4. The molecule has 4 aromatic rings. The molecule has 33 heavy (non-hydrogen) atoms. The lowest BCUT2D eigenvalue weighted by Crippen LogP contribution is -2.62. The lowest BCUT2D eigenvalue weighted by Gasteiger charge is -2.47. The maximum absolute atomic E-state index is 13.7. The summed E-state index contributed by atoms with van der Waals surface area (Å²) in [7, 11) is 1.62. The van der Waals surface area contributed by atoms with Crippen LogP contribution in [0.15, 0.2) is 71.3 Å². The van der Waals surface area contributed by atoms with Crippen LogP contribution in [0.25, 0.3) is 10.9 Å². The van der Waals surface area contributed by atoms with Crippen LogP contribution in [0.4, 0.5) is 0 Å². The maximum Gasteiger partial charge on any atom is 0.246 e. The van der Waals surface area contributed by atoms with E-state index in [0.717, 1.165) is 27.7 Å². The molecule has 2 aliphatic heterocycles. The van der Waals surface area contributed by atoms with E-state index in [1.807, 2.05) is 48.5 Å². The maximum atomic E-state index is 13.7. The Balaban J connectivity index is 1.51. The van der Waals surface area contributed by atoms with Crippen molar-refractivity contribution >= 4 is 22.7 Å². The molecule has 7 heteroatoms. The molecule has 4 heterocycles. The number of amides is 2. The molecule has 0 saturated carbocycles. The number of hydrogen-bond acceptors (Lipinski definition) is 4. The number of aromatic nitrogens is 1. The van der Waals surface area contributed by atoms with E-state index in [2.05, 4.69) is 11.1 Å². The van der Waals surface area contributed by atoms with Crippen molar-refractivity contribution in [1.29, 1.82) is 0 Å². The van der Waals surface area contributed by atoms with Gasteiger partial charge in [0.2, 0.25) is 11.8 Å². The van der Waals surface area contributed by atoms with E-state index in [1.54, 1.807) is 29.2 Å². The second-order valence-corrected chi connectivity index (χ2v) is 8.50. The molecular weight excluding hydrogens is 418 g/mol. The van der Waals surface area contributed by atoms with Gasteiger partial charge in [0.25, 0.3) is 0 Å². The molecule has 2 aromatic carbocycles. The fourth-order valence-corrected chi connectivity index (χ4v) is 5.26. The number of methoxy groups -OCH3 is 1. The Kier molecular flexibility index (Phi) is 4.50. The van der Waals surface area contributed by atoms with Gasteiger partial charge < -0.3 is 23.9 Å². The molecule has 7 nitrogen and oxygen atoms in total. The number of nitrogens with zero attached hydrogens (tertiary/aromatic N) is 2. The van der Waals surface area contributed by atoms with Crippen LogP contribution in [0.2, 0.25) is 0 Å². The lowest BCUT2D eigenvalue weighted by atomic mass is 9.86. The van der Waals surface area contributed by atoms with E-state index < -0.39 is 12.1 Å². The van der Waals surface area contributed by atoms with Crippen LogP contribution in [0.1, 0.15) is 28.6 Å². The zero-order valence-corrected chi connectivity index (χ0v) is 18.2. The lowest BCUT2D eigenvalue weighted by molar-refractivity contribution is -0.159. The third-order valence-electron chi connectivity index (χ3n) is 6.70. The normalized spacial score (nSPS) is 20.2. The third-order valence-corrected chi connectivity index (χ3v) is 6.70. The summed E-state index contributed by atoms with van der Waals surface area (Å²) >= 11 is 0. The molecule has 2 aliphatic rings. The topological polar surface area (TPSA) is 78.8 Å². The zero-order valence-electron chi connectivity index (χ0n) is 18.2. The Morgan fingerprint density at radius 3 is 2.70 bits per heavy atom. The standard InChI is InChI=1S/C26H23N3O4/c1-32-22-11-5-3-9-18(22)25-24-19(17-8-2-4-10-20(17)27-24)13-21-26(31)28(15-23(30)29(21)25)14-16-7-6-12-33-16/h2-12,21,25,27H,13-15H2,1H3/t21-,25-/m0/s1. The number of hydrogen-bond donors (Lipinski definition) is 1. The predicted molar refractivity (Wildman–Crippen MR) is 122 cm³/mol. The second kappa shape index (κ2) is 7.55. The van der Waals surface area contributed by atoms with Gasteiger partial charge in [0, 0.05) is 28.6 Å². The summed E-state index contributed by atoms with van der Waals surface area (Å²) in [5, 5.41) is 1.08. The van der Waals surface area contributed by atoms with Crippen molar-refractivity contribution < 1.29 is 18.7 Å². The summed E-state index contributed by atoms with van der Waals surface area (Å²) in [6.07, 6.45) is 2.04. The minimum Gasteiger partial charge on any atom is -0.496 e. The van der Waals surface area contributed by atoms with Gasteiger partial charge in [-0.1, -0.05) is 36.4 Å². The first kappa shape index (κ1) is 19.7. The average molecular weight is 441 g/mol. The highest BCUT2D eigenvalue weighted by molar-refractivity contribution is 5.97. The van der Waals surface area contributed by atoms with Gasteiger partial charge in [0.05, 0.1) is 19.9 Å². The van der Waals surface area contributed by atoms with Gasteiger partial charge in [0.1, 0.15) is 30.1 Å². The van der Waals surface area contributed by atoms with Gasteiger partial charge in [-0.15, -0.1) is 0 Å². The predicted octanol–water partition coefficient (Wildman–Crippen LogP) is 3.65. The minimum atomic E-state index is -0.595. The number of nitrogens with one attached hydrogen (secondary N) is 1. The first-order valence-corrected chi connectivity index (χ1v) is 11.0. The smallest absolute Gasteiger partial charge is 0.246 e. The van der Waals surface area contributed by atoms with Crippen LogP contribution in [-0.2, 0) is 22.6 Å². The SMILES string of the molecule is COc1ccccc1[C@H]1c2[nH]c3ccccc3c2C[C@H]2C(=O)N(Cc3ccco3)CC(=O)N12. The van der Waals surface area contributed by atoms with Crippen LogP contribution < -0.4 is 4.74 Å². The van der Waals surface area contributed by atoms with Crippen LogP contribution in [0, 0.1) is 0 Å². The van der Waals surface area contributed by atoms with Crippen LogP contribution in [-0.4, -0.2) is 46.3 Å². The number of carbonyl (C=O) groups excluding carboxylic acids is 2. The van der Waals surface area contributed by atoms with Crippen molar-refractivity contribution in [2.24, 2.45) is 0 Å². The van der Waals surface area contributed by atoms with Crippen molar-refractivity contribution in [3.63, 3.8) is 0 Å². The number of benzene rings is 2. The molecule has 1 fully saturated rings. The highest BCUT2D eigenvalue weighted by Gasteiger charge is 2.48. The first-order valence-electron chi connectivity index (χ1n) is 11.0. The van der Waals surface area contributed by atoms with Crippen LogP contribution in [0.3, 0.4) is 0 Å². The zero-order chi connectivity index (χ0) is 22.5. The van der Waals surface area contributed by atoms with Crippen molar-refractivity contribution in [2.45, 2.75) is 25.0 Å². The molecule has 0 radical (unpaired) electrons. The van der Waals surface area contributed by atoms with E-state index in [1.165, 1.54) is 0 Å². The van der Waals surface area contributed by atoms with Crippen molar-refractivity contribution in [3.8, 4) is 5.75 Å². The molecule has 0 spiro atoms. The van der Waals surface area contributed by atoms with Gasteiger partial charge in [0.15, 0.2) is 0 Å². The van der Waals surface area contributed by atoms with E-state index >= 15 is 0 Å². The highest BCUT2D eigenvalue weighted by Crippen LogP contribution is 2.44. The number of rotatable bonds is 4. The van der Waals surface area contributed by atoms with Crippen molar-refractivity contribution in [2.75, 3.05) is 13.7 Å². The first-order chi connectivity index (χ1) is 16.2. The number of para-hydroxylation sites is 2. The summed E-state index contributed by atoms with van der Waals surface area (Å²) in [5.41, 5.74) is 3.87. The number of aromatic amines is 1. The number of fused-ring (bicyclic) bond motifs is 4. The number of furan rings is 1. The summed E-state index contributed by atoms with van der Waals surface area (Å²) in [4.78, 5) is 34.1. The third kappa shape index (κ3) is 3.03. The Labute approximate surface area is 190 Å². The Hall–Kier alpha value is -4.00. The molecule has 2 amide bonds. The molecule has 0 unspecified atom stereocenters. The van der Waals surface area contributed by atoms with Crippen molar-refractivity contribution in [1.82, 2.24) is 14.8 Å². The van der Waals surface area contributed by atoms with Gasteiger partial charge in [-0.2, -0.15) is 0 Å². The Morgan fingerprint density at radius 2 is 1.88 bits per heavy atom. The average Bonchev–Trinajstić information content (AvgIpc) is 3.48. The number of H-pyrrole nitrogens is 1. The summed E-state index contributed by atoms with van der Waals surface area (Å²) in [6.45, 7) is 0.291. The molecule has 6 rings (SSSR count). The highest BCUT2D eigenvalue weighted by atomic mass is 16.5. The van der Waals surface area contributed by atoms with E-state index in [9.17, 15) is 9.59 Å². The van der Waals surface area contributed by atoms with E-state index in [4.69, 9.17) is 9.15 Å². The minimum absolute atomic E-state index is 0.0112. The summed E-state index contributed by atoms with van der Waals surface area (Å²) in [5.74, 6) is 1.19. The van der Waals surface area contributed by atoms with Gasteiger partial charge in [-0.05, 0) is 29.8 Å².